The lowest BCUT2D eigenvalue weighted by Crippen LogP contribution is -2.32. The van der Waals surface area contributed by atoms with Gasteiger partial charge >= 0.3 is 0 Å². The zero-order valence-electron chi connectivity index (χ0n) is 59.3. The van der Waals surface area contributed by atoms with Crippen molar-refractivity contribution in [1.82, 2.24) is 29.9 Å². The van der Waals surface area contributed by atoms with Gasteiger partial charge in [-0.1, -0.05) is 346 Å². The molecule has 4 heterocycles. The molecule has 8 nitrogen and oxygen atoms in total. The van der Waals surface area contributed by atoms with Gasteiger partial charge in [-0.3, -0.25) is 0 Å². The highest BCUT2D eigenvalue weighted by molar-refractivity contribution is 5.95. The third kappa shape index (κ3) is 9.79. The predicted octanol–water partition coefficient (Wildman–Crippen LogP) is 24.8. The maximum Gasteiger partial charge on any atom is 0.164 e. The van der Waals surface area contributed by atoms with E-state index in [4.69, 9.17) is 39.4 Å². The maximum absolute atomic E-state index is 7.20. The van der Waals surface area contributed by atoms with E-state index < -0.39 is 10.8 Å². The molecule has 110 heavy (non-hydrogen) atoms. The number of aromatic nitrogens is 6. The van der Waals surface area contributed by atoms with Gasteiger partial charge in [0.1, 0.15) is 23.0 Å². The van der Waals surface area contributed by atoms with Crippen molar-refractivity contribution in [3.8, 4) is 158 Å². The van der Waals surface area contributed by atoms with Gasteiger partial charge in [-0.25, -0.2) is 29.9 Å². The average Bonchev–Trinajstić information content (AvgIpc) is 1.50. The SMILES string of the molecule is c1ccc(-c2nc(-c3ccc(-c4cccc(-c5ccc6c(c5)-c5ccccc5C65c6ccccc6Oc6c(-c7ccc(-c8nc(-c9ccccc9)nc(-c9ccc%10ccccc%10c9)n8)cc7)cccc65)c4)cc3)nc(-c3ccc(-c4cccc5c4Oc4ccccc4C54c5ccccc5-c5ccccc54)cc3)n2)cc1. The Morgan fingerprint density at radius 2 is 0.464 bits per heavy atom. The van der Waals surface area contributed by atoms with Crippen molar-refractivity contribution in [2.45, 2.75) is 10.8 Å². The third-order valence-corrected chi connectivity index (χ3v) is 22.8. The van der Waals surface area contributed by atoms with Gasteiger partial charge in [0.2, 0.25) is 0 Å². The van der Waals surface area contributed by atoms with Crippen molar-refractivity contribution in [2.24, 2.45) is 0 Å². The number of nitrogens with zero attached hydrogens (tertiary/aromatic N) is 6. The van der Waals surface area contributed by atoms with Gasteiger partial charge in [0, 0.05) is 66.8 Å². The Hall–Kier alpha value is -14.6. The minimum atomic E-state index is -0.688. The Kier molecular flexibility index (Phi) is 14.3. The molecule has 0 bridgehead atoms. The highest BCUT2D eigenvalue weighted by Gasteiger charge is 2.53. The van der Waals surface area contributed by atoms with Crippen molar-refractivity contribution in [2.75, 3.05) is 0 Å². The molecule has 2 aliphatic carbocycles. The summed E-state index contributed by atoms with van der Waals surface area (Å²) in [4.78, 5) is 30.9. The number of fused-ring (bicyclic) bond motifs is 19. The second-order valence-electron chi connectivity index (χ2n) is 28.7. The van der Waals surface area contributed by atoms with Crippen LogP contribution in [-0.4, -0.2) is 29.9 Å². The Balaban J connectivity index is 0.578. The van der Waals surface area contributed by atoms with Crippen LogP contribution in [0.3, 0.4) is 0 Å². The summed E-state index contributed by atoms with van der Waals surface area (Å²) in [6.07, 6.45) is 0. The first-order chi connectivity index (χ1) is 54.5. The molecule has 0 amide bonds. The fraction of sp³-hybridized carbons (Fsp3) is 0.0196. The van der Waals surface area contributed by atoms with Crippen LogP contribution in [0.15, 0.2) is 376 Å². The Labute approximate surface area is 635 Å². The van der Waals surface area contributed by atoms with E-state index in [1.54, 1.807) is 0 Å². The van der Waals surface area contributed by atoms with Gasteiger partial charge in [-0.15, -0.1) is 0 Å². The summed E-state index contributed by atoms with van der Waals surface area (Å²) in [7, 11) is 0. The first-order valence-corrected chi connectivity index (χ1v) is 37.3. The largest absolute Gasteiger partial charge is 0.456 e. The lowest BCUT2D eigenvalue weighted by atomic mass is 9.65. The quantitative estimate of drug-likeness (QED) is 0.134. The molecular formula is C102H62N6O2. The van der Waals surface area contributed by atoms with Crippen molar-refractivity contribution in [3.05, 3.63) is 421 Å². The molecule has 0 radical (unpaired) electrons. The van der Waals surface area contributed by atoms with Gasteiger partial charge in [0.25, 0.3) is 0 Å². The highest BCUT2D eigenvalue weighted by atomic mass is 16.5. The van der Waals surface area contributed by atoms with Crippen LogP contribution in [0, 0.1) is 0 Å². The minimum absolute atomic E-state index is 0.560. The zero-order chi connectivity index (χ0) is 72.4. The lowest BCUT2D eigenvalue weighted by molar-refractivity contribution is 0.438. The van der Waals surface area contributed by atoms with E-state index in [-0.39, 0.29) is 0 Å². The molecule has 0 N–H and O–H groups in total. The molecule has 2 aromatic heterocycles. The van der Waals surface area contributed by atoms with E-state index in [2.05, 4.69) is 328 Å². The normalized spacial score (nSPS) is 14.1. The number of para-hydroxylation sites is 4. The number of hydrogen-bond donors (Lipinski definition) is 0. The van der Waals surface area contributed by atoms with E-state index >= 15 is 0 Å². The van der Waals surface area contributed by atoms with Crippen LogP contribution in [0.2, 0.25) is 0 Å². The van der Waals surface area contributed by atoms with Crippen molar-refractivity contribution in [3.63, 3.8) is 0 Å². The van der Waals surface area contributed by atoms with Crippen LogP contribution in [0.5, 0.6) is 23.0 Å². The molecule has 18 aromatic rings. The molecule has 512 valence electrons. The molecule has 2 aliphatic heterocycles. The third-order valence-electron chi connectivity index (χ3n) is 22.8. The molecule has 1 atom stereocenters. The summed E-state index contributed by atoms with van der Waals surface area (Å²) in [6.45, 7) is 0. The second kappa shape index (κ2) is 25.0. The Morgan fingerprint density at radius 3 is 0.945 bits per heavy atom. The predicted molar refractivity (Wildman–Crippen MR) is 440 cm³/mol. The van der Waals surface area contributed by atoms with Crippen molar-refractivity contribution in [1.29, 1.82) is 0 Å². The lowest BCUT2D eigenvalue weighted by Gasteiger charge is -2.40. The number of ether oxygens (including phenoxy) is 2. The zero-order valence-corrected chi connectivity index (χ0v) is 59.3. The summed E-state index contributed by atoms with van der Waals surface area (Å²) in [5.74, 6) is 6.96. The first kappa shape index (κ1) is 62.7. The monoisotopic (exact) mass is 1400 g/mol. The van der Waals surface area contributed by atoms with Crippen molar-refractivity contribution < 1.29 is 9.47 Å². The standard InChI is InChI=1S/C102H62N6O2/c1-3-23-67(24-4-1)95-103-97(106-98(104-95)70-53-47-65(48-54-70)77-33-20-40-89-93(77)109-91-42-17-15-38-87(91)101(89)83-35-12-9-30-79(83)80-31-10-13-36-84(80)101)69-51-44-64(45-52-69)73-28-19-29-74(60-73)75-58-59-86-82(62-75)81-32-11-14-37-85(81)102(86)88-39-16-18-43-92(88)110-94-78(34-21-41-90(94)102)66-49-55-71(56-50-66)99-105-96(68-25-5-2-6-26-68)107-100(108-99)76-57-46-63-22-7-8-27-72(63)61-76/h1-62H. The minimum Gasteiger partial charge on any atom is -0.456 e. The van der Waals surface area contributed by atoms with E-state index in [0.29, 0.717) is 34.9 Å². The second-order valence-corrected chi connectivity index (χ2v) is 28.7. The van der Waals surface area contributed by atoms with E-state index in [1.807, 2.05) is 48.5 Å². The fourth-order valence-electron chi connectivity index (χ4n) is 17.8. The number of benzene rings is 16. The summed E-state index contributed by atoms with van der Waals surface area (Å²) >= 11 is 0. The van der Waals surface area contributed by atoms with Gasteiger partial charge in [-0.2, -0.15) is 0 Å². The summed E-state index contributed by atoms with van der Waals surface area (Å²) < 4.78 is 14.3. The van der Waals surface area contributed by atoms with E-state index in [0.717, 1.165) is 134 Å². The smallest absolute Gasteiger partial charge is 0.164 e. The van der Waals surface area contributed by atoms with E-state index in [9.17, 15) is 0 Å². The molecule has 16 aromatic carbocycles. The number of hydrogen-bond acceptors (Lipinski definition) is 8. The highest BCUT2D eigenvalue weighted by Crippen LogP contribution is 2.65. The van der Waals surface area contributed by atoms with Crippen molar-refractivity contribution >= 4 is 10.8 Å². The Morgan fingerprint density at radius 1 is 0.164 bits per heavy atom. The first-order valence-electron chi connectivity index (χ1n) is 37.3. The summed E-state index contributed by atoms with van der Waals surface area (Å²) in [5, 5.41) is 2.29. The Bertz CT molecular complexity index is 6730. The molecule has 4 aliphatic rings. The van der Waals surface area contributed by atoms with Crippen LogP contribution >= 0.6 is 0 Å². The summed E-state index contributed by atoms with van der Waals surface area (Å²) in [6, 6.07) is 134. The average molecular weight is 1400 g/mol. The topological polar surface area (TPSA) is 95.8 Å². The van der Waals surface area contributed by atoms with Gasteiger partial charge in [-0.05, 0) is 119 Å². The summed E-state index contributed by atoms with van der Waals surface area (Å²) in [5.41, 5.74) is 26.9. The van der Waals surface area contributed by atoms with E-state index in [1.165, 1.54) is 44.5 Å². The maximum atomic E-state index is 7.20. The molecular weight excluding hydrogens is 1340 g/mol. The molecule has 0 saturated heterocycles. The van der Waals surface area contributed by atoms with Gasteiger partial charge in [0.05, 0.1) is 10.8 Å². The van der Waals surface area contributed by atoms with Crippen LogP contribution in [0.1, 0.15) is 44.5 Å². The van der Waals surface area contributed by atoms with Crippen LogP contribution in [0.4, 0.5) is 0 Å². The van der Waals surface area contributed by atoms with Crippen LogP contribution < -0.4 is 9.47 Å². The molecule has 22 rings (SSSR count). The molecule has 8 heteroatoms. The molecule has 2 spiro atoms. The number of rotatable bonds is 10. The fourth-order valence-corrected chi connectivity index (χ4v) is 17.8. The van der Waals surface area contributed by atoms with Crippen LogP contribution in [0.25, 0.3) is 146 Å². The van der Waals surface area contributed by atoms with Crippen LogP contribution in [-0.2, 0) is 10.8 Å². The van der Waals surface area contributed by atoms with Gasteiger partial charge in [0.15, 0.2) is 34.9 Å². The molecule has 0 fully saturated rings. The molecule has 0 saturated carbocycles. The van der Waals surface area contributed by atoms with Gasteiger partial charge < -0.3 is 9.47 Å². The molecule has 1 unspecified atom stereocenters.